The van der Waals surface area contributed by atoms with Crippen LogP contribution in [0, 0.1) is 6.92 Å². The van der Waals surface area contributed by atoms with Gasteiger partial charge in [0.15, 0.2) is 0 Å². The lowest BCUT2D eigenvalue weighted by Gasteiger charge is -2.21. The van der Waals surface area contributed by atoms with E-state index in [0.29, 0.717) is 7.11 Å². The predicted molar refractivity (Wildman–Crippen MR) is 108 cm³/mol. The van der Waals surface area contributed by atoms with Gasteiger partial charge >= 0.3 is 29.2 Å². The summed E-state index contributed by atoms with van der Waals surface area (Å²) in [4.78, 5) is 56.4. The zero-order valence-electron chi connectivity index (χ0n) is 17.4. The second kappa shape index (κ2) is 11.4. The number of phosphoric acid groups is 3. The monoisotopic (exact) mass is 551 g/mol. The van der Waals surface area contributed by atoms with Crippen LogP contribution < -0.4 is 11.2 Å². The molecule has 1 aliphatic rings. The summed E-state index contributed by atoms with van der Waals surface area (Å²) in [7, 11) is -15.4. The maximum absolute atomic E-state index is 12.1. The van der Waals surface area contributed by atoms with E-state index in [-0.39, 0.29) is 12.0 Å². The molecule has 0 aromatic carbocycles. The Bertz CT molecular complexity index is 1190. The summed E-state index contributed by atoms with van der Waals surface area (Å²) in [6.45, 7) is 0.121. The van der Waals surface area contributed by atoms with Crippen LogP contribution in [0.1, 0.15) is 18.2 Å². The fourth-order valence-electron chi connectivity index (χ4n) is 2.65. The molecule has 0 spiro atoms. The minimum absolute atomic E-state index is 0.0694. The lowest BCUT2D eigenvalue weighted by Crippen LogP contribution is -2.33. The van der Waals surface area contributed by atoms with Crippen LogP contribution in [0.5, 0.6) is 0 Å². The molecule has 22 heteroatoms. The zero-order valence-corrected chi connectivity index (χ0v) is 20.1. The summed E-state index contributed by atoms with van der Waals surface area (Å²) < 4.78 is 63.1. The van der Waals surface area contributed by atoms with E-state index >= 15 is 0 Å². The van der Waals surface area contributed by atoms with Gasteiger partial charge in [-0.3, -0.25) is 23.4 Å². The maximum atomic E-state index is 12.1. The van der Waals surface area contributed by atoms with Gasteiger partial charge in [-0.2, -0.15) is 8.62 Å². The second-order valence-electron chi connectivity index (χ2n) is 6.46. The Morgan fingerprint density at radius 3 is 2.50 bits per heavy atom. The van der Waals surface area contributed by atoms with Gasteiger partial charge in [0.2, 0.25) is 0 Å². The number of hydrogen-bond acceptors (Lipinski definition) is 12. The molecule has 1 saturated heterocycles. The van der Waals surface area contributed by atoms with Gasteiger partial charge in [0, 0.05) is 30.2 Å². The Morgan fingerprint density at radius 2 is 1.88 bits per heavy atom. The number of ether oxygens (including phenoxy) is 2. The minimum atomic E-state index is -5.61. The number of aryl methyl sites for hydroxylation is 1. The largest absolute Gasteiger partial charge is 0.490 e. The van der Waals surface area contributed by atoms with Gasteiger partial charge in [-0.25, -0.2) is 18.5 Å². The SMILES string of the molecule is COP(=O)(O)OP(=O)(O)OP(=O)(O)OC[C@H]1O[C@@H](n2cc(C)c(=O)[nH]c2=O)C[C@H]1OCN=[N+]=[N-]. The molecular weight excluding hydrogens is 531 g/mol. The van der Waals surface area contributed by atoms with Crippen molar-refractivity contribution in [1.82, 2.24) is 9.55 Å². The highest BCUT2D eigenvalue weighted by Crippen LogP contribution is 2.67. The van der Waals surface area contributed by atoms with E-state index in [1.807, 2.05) is 0 Å². The normalized spacial score (nSPS) is 25.6. The maximum Gasteiger partial charge on any atom is 0.490 e. The number of aromatic nitrogens is 2. The quantitative estimate of drug-likeness (QED) is 0.121. The molecule has 1 aromatic rings. The smallest absolute Gasteiger partial charge is 0.369 e. The van der Waals surface area contributed by atoms with Gasteiger partial charge in [-0.15, -0.1) is 0 Å². The van der Waals surface area contributed by atoms with Crippen molar-refractivity contribution >= 4 is 23.5 Å². The van der Waals surface area contributed by atoms with E-state index < -0.39 is 66.5 Å². The number of nitrogens with one attached hydrogen (secondary N) is 1. The van der Waals surface area contributed by atoms with Gasteiger partial charge in [0.05, 0.1) is 12.7 Å². The molecular formula is C12H20N5O14P3. The highest BCUT2D eigenvalue weighted by Gasteiger charge is 2.44. The summed E-state index contributed by atoms with van der Waals surface area (Å²) >= 11 is 0. The zero-order chi connectivity index (χ0) is 25.7. The first-order chi connectivity index (χ1) is 15.7. The van der Waals surface area contributed by atoms with Crippen LogP contribution >= 0.6 is 23.5 Å². The summed E-state index contributed by atoms with van der Waals surface area (Å²) in [5.41, 5.74) is 7.13. The molecule has 0 amide bonds. The molecule has 192 valence electrons. The predicted octanol–water partition coefficient (Wildman–Crippen LogP) is 0.783. The number of phosphoric ester groups is 2. The van der Waals surface area contributed by atoms with Gasteiger partial charge in [0.1, 0.15) is 19.1 Å². The third-order valence-corrected chi connectivity index (χ3v) is 8.33. The van der Waals surface area contributed by atoms with Crippen molar-refractivity contribution in [3.63, 3.8) is 0 Å². The summed E-state index contributed by atoms with van der Waals surface area (Å²) in [5.74, 6) is 0. The third-order valence-electron chi connectivity index (χ3n) is 4.09. The van der Waals surface area contributed by atoms with Crippen molar-refractivity contribution in [1.29, 1.82) is 0 Å². The van der Waals surface area contributed by atoms with E-state index in [4.69, 9.17) is 19.9 Å². The number of nitrogens with zero attached hydrogens (tertiary/aromatic N) is 4. The Morgan fingerprint density at radius 1 is 1.24 bits per heavy atom. The summed E-state index contributed by atoms with van der Waals surface area (Å²) in [6, 6.07) is 0. The number of hydrogen-bond donors (Lipinski definition) is 4. The Hall–Kier alpha value is -1.68. The molecule has 6 atom stereocenters. The van der Waals surface area contributed by atoms with E-state index in [9.17, 15) is 33.1 Å². The first kappa shape index (κ1) is 28.6. The van der Waals surface area contributed by atoms with Crippen LogP contribution in [0.15, 0.2) is 20.9 Å². The number of azide groups is 1. The lowest BCUT2D eigenvalue weighted by molar-refractivity contribution is -0.0601. The van der Waals surface area contributed by atoms with Crippen molar-refractivity contribution < 1.29 is 55.5 Å². The average molecular weight is 551 g/mol. The van der Waals surface area contributed by atoms with E-state index in [1.165, 1.54) is 13.1 Å². The topological polar surface area (TPSA) is 271 Å². The van der Waals surface area contributed by atoms with Gasteiger partial charge < -0.3 is 24.2 Å². The van der Waals surface area contributed by atoms with Crippen molar-refractivity contribution in [3.8, 4) is 0 Å². The molecule has 2 heterocycles. The molecule has 34 heavy (non-hydrogen) atoms. The van der Waals surface area contributed by atoms with E-state index in [1.54, 1.807) is 0 Å². The number of aromatic amines is 1. The Kier molecular flexibility index (Phi) is 9.55. The molecule has 0 saturated carbocycles. The first-order valence-electron chi connectivity index (χ1n) is 8.90. The second-order valence-corrected chi connectivity index (χ2v) is 11.2. The van der Waals surface area contributed by atoms with Crippen molar-refractivity contribution in [2.24, 2.45) is 5.11 Å². The van der Waals surface area contributed by atoms with Gasteiger partial charge in [-0.1, -0.05) is 5.11 Å². The number of H-pyrrole nitrogens is 1. The highest BCUT2D eigenvalue weighted by molar-refractivity contribution is 7.66. The van der Waals surface area contributed by atoms with Crippen LogP contribution in [0.4, 0.5) is 0 Å². The van der Waals surface area contributed by atoms with Crippen LogP contribution in [-0.2, 0) is 40.8 Å². The Balaban J connectivity index is 2.15. The first-order valence-corrected chi connectivity index (χ1v) is 13.4. The third kappa shape index (κ3) is 8.22. The summed E-state index contributed by atoms with van der Waals surface area (Å²) in [6.07, 6.45) is -2.12. The van der Waals surface area contributed by atoms with E-state index in [0.717, 1.165) is 4.57 Å². The molecule has 2 rings (SSSR count). The van der Waals surface area contributed by atoms with Crippen molar-refractivity contribution in [3.05, 3.63) is 43.0 Å². The molecule has 1 aromatic heterocycles. The Labute approximate surface area is 189 Å². The molecule has 1 fully saturated rings. The molecule has 0 bridgehead atoms. The molecule has 3 unspecified atom stereocenters. The molecule has 0 aliphatic carbocycles. The molecule has 19 nitrogen and oxygen atoms in total. The standard InChI is InChI=1S/C12H20N5O14P3/c1-7-4-17(12(19)15-11(7)18)10-3-8(27-6-14-16-13)9(29-10)5-28-33(22,23)31-34(24,25)30-32(20,21)26-2/h4,8-10H,3,5-6H2,1-2H3,(H,20,21)(H,22,23)(H,24,25)(H,15,18,19)/t8-,9-,10-/m1/s1. The van der Waals surface area contributed by atoms with Gasteiger partial charge in [0.25, 0.3) is 5.56 Å². The van der Waals surface area contributed by atoms with Crippen LogP contribution in [0.3, 0.4) is 0 Å². The fraction of sp³-hybridized carbons (Fsp3) is 0.667. The van der Waals surface area contributed by atoms with Crippen molar-refractivity contribution in [2.75, 3.05) is 20.4 Å². The molecule has 1 aliphatic heterocycles. The number of rotatable bonds is 12. The lowest BCUT2D eigenvalue weighted by atomic mass is 10.2. The van der Waals surface area contributed by atoms with Crippen LogP contribution in [0.2, 0.25) is 0 Å². The fourth-order valence-corrected chi connectivity index (χ4v) is 5.92. The van der Waals surface area contributed by atoms with Gasteiger partial charge in [-0.05, 0) is 12.5 Å². The van der Waals surface area contributed by atoms with Crippen LogP contribution in [-0.4, -0.2) is 56.9 Å². The minimum Gasteiger partial charge on any atom is -0.369 e. The molecule has 0 radical (unpaired) electrons. The highest BCUT2D eigenvalue weighted by atomic mass is 31.3. The average Bonchev–Trinajstić information content (AvgIpc) is 3.10. The summed E-state index contributed by atoms with van der Waals surface area (Å²) in [5, 5.41) is 3.18. The van der Waals surface area contributed by atoms with E-state index in [2.05, 4.69) is 32.7 Å². The van der Waals surface area contributed by atoms with Crippen LogP contribution in [0.25, 0.3) is 10.4 Å². The molecule has 4 N–H and O–H groups in total. The van der Waals surface area contributed by atoms with Crippen molar-refractivity contribution in [2.45, 2.75) is 31.8 Å².